The summed E-state index contributed by atoms with van der Waals surface area (Å²) in [6.45, 7) is 6.64. The summed E-state index contributed by atoms with van der Waals surface area (Å²) in [5.41, 5.74) is 0. The molecule has 0 N–H and O–H groups in total. The van der Waals surface area contributed by atoms with Crippen LogP contribution in [0.5, 0.6) is 0 Å². The maximum absolute atomic E-state index is 12.8. The summed E-state index contributed by atoms with van der Waals surface area (Å²) in [6.07, 6.45) is 58.8. The molecule has 0 aliphatic heterocycles. The molecule has 0 fully saturated rings. The number of esters is 3. The summed E-state index contributed by atoms with van der Waals surface area (Å²) < 4.78 is 16.8. The molecule has 0 unspecified atom stereocenters. The number of rotatable bonds is 50. The molecule has 0 amide bonds. The van der Waals surface area contributed by atoms with E-state index in [9.17, 15) is 14.4 Å². The van der Waals surface area contributed by atoms with E-state index >= 15 is 0 Å². The molecule has 0 aromatic rings. The molecule has 0 aliphatic rings. The van der Waals surface area contributed by atoms with Crippen LogP contribution in [-0.2, 0) is 28.6 Å². The lowest BCUT2D eigenvalue weighted by Crippen LogP contribution is -2.30. The average molecular weight is 873 g/mol. The number of carbonyl (C=O) groups excluding carboxylic acids is 3. The lowest BCUT2D eigenvalue weighted by molar-refractivity contribution is -0.167. The quantitative estimate of drug-likeness (QED) is 0.0262. The topological polar surface area (TPSA) is 78.9 Å². The third-order valence-corrected chi connectivity index (χ3v) is 12.2. The molecule has 0 rings (SSSR count). The van der Waals surface area contributed by atoms with Crippen LogP contribution >= 0.6 is 0 Å². The molecule has 1 atom stereocenters. The van der Waals surface area contributed by atoms with E-state index in [1.807, 2.05) is 0 Å². The van der Waals surface area contributed by atoms with E-state index < -0.39 is 6.10 Å². The van der Waals surface area contributed by atoms with Crippen molar-refractivity contribution in [1.82, 2.24) is 0 Å². The van der Waals surface area contributed by atoms with Gasteiger partial charge >= 0.3 is 17.9 Å². The Labute approximate surface area is 385 Å². The minimum absolute atomic E-state index is 0.0710. The first kappa shape index (κ1) is 59.9. The lowest BCUT2D eigenvalue weighted by atomic mass is 10.0. The van der Waals surface area contributed by atoms with Crippen molar-refractivity contribution >= 4 is 17.9 Å². The molecule has 0 aliphatic carbocycles. The number of unbranched alkanes of at least 4 members (excludes halogenated alkanes) is 35. The summed E-state index contributed by atoms with van der Waals surface area (Å²) in [5.74, 6) is -0.867. The largest absolute Gasteiger partial charge is 0.462 e. The SMILES string of the molecule is CCCCCC/C=C\CCCCCCCC(=O)OC[C@@H](COC(=O)CCCCCCCCCCC/C=C\CCCCCCCC)OC(=O)CCCCCCCCCCCCCC. The number of ether oxygens (including phenoxy) is 3. The van der Waals surface area contributed by atoms with Gasteiger partial charge in [-0.05, 0) is 70.6 Å². The second-order valence-electron chi connectivity index (χ2n) is 18.5. The van der Waals surface area contributed by atoms with Gasteiger partial charge in [0.25, 0.3) is 0 Å². The van der Waals surface area contributed by atoms with E-state index in [0.717, 1.165) is 64.2 Å². The van der Waals surface area contributed by atoms with Crippen LogP contribution in [-0.4, -0.2) is 37.2 Å². The summed E-state index contributed by atoms with van der Waals surface area (Å²) in [4.78, 5) is 38.0. The fourth-order valence-corrected chi connectivity index (χ4v) is 8.02. The van der Waals surface area contributed by atoms with Gasteiger partial charge in [0.05, 0.1) is 0 Å². The van der Waals surface area contributed by atoms with Crippen molar-refractivity contribution in [2.24, 2.45) is 0 Å². The molecule has 0 saturated carbocycles. The van der Waals surface area contributed by atoms with E-state index in [4.69, 9.17) is 14.2 Å². The van der Waals surface area contributed by atoms with Gasteiger partial charge in [-0.2, -0.15) is 0 Å². The predicted molar refractivity (Wildman–Crippen MR) is 266 cm³/mol. The van der Waals surface area contributed by atoms with Crippen molar-refractivity contribution in [2.75, 3.05) is 13.2 Å². The van der Waals surface area contributed by atoms with E-state index in [1.54, 1.807) is 0 Å². The zero-order valence-electron chi connectivity index (χ0n) is 41.7. The Kier molecular flexibility index (Phi) is 49.8. The monoisotopic (exact) mass is 873 g/mol. The van der Waals surface area contributed by atoms with E-state index in [-0.39, 0.29) is 31.1 Å². The van der Waals surface area contributed by atoms with Crippen molar-refractivity contribution in [3.63, 3.8) is 0 Å². The third kappa shape index (κ3) is 48.9. The molecule has 0 radical (unpaired) electrons. The average Bonchev–Trinajstić information content (AvgIpc) is 3.27. The number of carbonyl (C=O) groups is 3. The second kappa shape index (κ2) is 51.5. The van der Waals surface area contributed by atoms with Gasteiger partial charge in [-0.15, -0.1) is 0 Å². The van der Waals surface area contributed by atoms with Crippen molar-refractivity contribution in [2.45, 2.75) is 303 Å². The van der Waals surface area contributed by atoms with Gasteiger partial charge in [-0.1, -0.05) is 231 Å². The highest BCUT2D eigenvalue weighted by Crippen LogP contribution is 2.16. The Morgan fingerprint density at radius 1 is 0.306 bits per heavy atom. The van der Waals surface area contributed by atoms with Gasteiger partial charge in [-0.25, -0.2) is 0 Å². The normalized spacial score (nSPS) is 12.1. The van der Waals surface area contributed by atoms with Crippen molar-refractivity contribution < 1.29 is 28.6 Å². The minimum Gasteiger partial charge on any atom is -0.462 e. The van der Waals surface area contributed by atoms with Gasteiger partial charge in [-0.3, -0.25) is 14.4 Å². The number of hydrogen-bond donors (Lipinski definition) is 0. The molecule has 62 heavy (non-hydrogen) atoms. The highest BCUT2D eigenvalue weighted by atomic mass is 16.6. The van der Waals surface area contributed by atoms with Crippen LogP contribution in [0, 0.1) is 0 Å². The Morgan fingerprint density at radius 2 is 0.532 bits per heavy atom. The fourth-order valence-electron chi connectivity index (χ4n) is 8.02. The zero-order chi connectivity index (χ0) is 45.1. The van der Waals surface area contributed by atoms with Crippen LogP contribution in [0.15, 0.2) is 24.3 Å². The number of allylic oxidation sites excluding steroid dienone is 4. The summed E-state index contributed by atoms with van der Waals surface area (Å²) in [5, 5.41) is 0. The highest BCUT2D eigenvalue weighted by Gasteiger charge is 2.19. The molecule has 0 aromatic carbocycles. The molecule has 364 valence electrons. The van der Waals surface area contributed by atoms with E-state index in [2.05, 4.69) is 45.1 Å². The maximum atomic E-state index is 12.8. The Balaban J connectivity index is 4.29. The first-order valence-corrected chi connectivity index (χ1v) is 27.3. The van der Waals surface area contributed by atoms with Crippen LogP contribution in [0.1, 0.15) is 297 Å². The summed E-state index contributed by atoms with van der Waals surface area (Å²) >= 11 is 0. The standard InChI is InChI=1S/C56H104O6/c1-4-7-10-13-16-19-22-25-26-27-28-29-30-32-35-37-40-43-46-49-55(58)61-52-53(62-56(59)50-47-44-41-38-33-24-21-18-15-12-9-6-3)51-60-54(57)48-45-42-39-36-34-31-23-20-17-14-11-8-5-2/h20,23,25-26,53H,4-19,21-22,24,27-52H2,1-3H3/b23-20-,26-25-/t53-/m0/s1. The van der Waals surface area contributed by atoms with Crippen LogP contribution in [0.3, 0.4) is 0 Å². The molecule has 0 heterocycles. The predicted octanol–water partition coefficient (Wildman–Crippen LogP) is 17.9. The van der Waals surface area contributed by atoms with Gasteiger partial charge in [0.15, 0.2) is 6.10 Å². The summed E-state index contributed by atoms with van der Waals surface area (Å²) in [7, 11) is 0. The van der Waals surface area contributed by atoms with Gasteiger partial charge < -0.3 is 14.2 Å². The molecule has 6 nitrogen and oxygen atoms in total. The van der Waals surface area contributed by atoms with E-state index in [1.165, 1.54) is 193 Å². The van der Waals surface area contributed by atoms with Crippen LogP contribution < -0.4 is 0 Å². The Bertz CT molecular complexity index is 1000. The van der Waals surface area contributed by atoms with Crippen molar-refractivity contribution in [1.29, 1.82) is 0 Å². The van der Waals surface area contributed by atoms with Gasteiger partial charge in [0, 0.05) is 19.3 Å². The first-order chi connectivity index (χ1) is 30.5. The van der Waals surface area contributed by atoms with Crippen molar-refractivity contribution in [3.8, 4) is 0 Å². The summed E-state index contributed by atoms with van der Waals surface area (Å²) in [6, 6.07) is 0. The molecule has 0 spiro atoms. The molecular weight excluding hydrogens is 769 g/mol. The molecule has 0 bridgehead atoms. The smallest absolute Gasteiger partial charge is 0.306 e. The Hall–Kier alpha value is -2.11. The highest BCUT2D eigenvalue weighted by molar-refractivity contribution is 5.71. The van der Waals surface area contributed by atoms with E-state index in [0.29, 0.717) is 19.3 Å². The molecular formula is C56H104O6. The molecule has 0 aromatic heterocycles. The Morgan fingerprint density at radius 3 is 0.823 bits per heavy atom. The first-order valence-electron chi connectivity index (χ1n) is 27.3. The maximum Gasteiger partial charge on any atom is 0.306 e. The van der Waals surface area contributed by atoms with Crippen molar-refractivity contribution in [3.05, 3.63) is 24.3 Å². The second-order valence-corrected chi connectivity index (χ2v) is 18.5. The minimum atomic E-state index is -0.770. The third-order valence-electron chi connectivity index (χ3n) is 12.2. The van der Waals surface area contributed by atoms with Gasteiger partial charge in [0.1, 0.15) is 13.2 Å². The number of hydrogen-bond acceptors (Lipinski definition) is 6. The molecule has 0 saturated heterocycles. The van der Waals surface area contributed by atoms with Crippen LogP contribution in [0.25, 0.3) is 0 Å². The lowest BCUT2D eigenvalue weighted by Gasteiger charge is -2.18. The van der Waals surface area contributed by atoms with Crippen LogP contribution in [0.2, 0.25) is 0 Å². The van der Waals surface area contributed by atoms with Gasteiger partial charge in [0.2, 0.25) is 0 Å². The van der Waals surface area contributed by atoms with Crippen LogP contribution in [0.4, 0.5) is 0 Å². The molecule has 6 heteroatoms. The fraction of sp³-hybridized carbons (Fsp3) is 0.875. The zero-order valence-corrected chi connectivity index (χ0v) is 41.7.